The normalized spacial score (nSPS) is 11.8. The Bertz CT molecular complexity index is 1090. The fraction of sp³-hybridized carbons (Fsp3) is 0. The molecule has 0 amide bonds. The highest BCUT2D eigenvalue weighted by Gasteiger charge is 2.23. The third kappa shape index (κ3) is 2.63. The van der Waals surface area contributed by atoms with Crippen molar-refractivity contribution in [3.63, 3.8) is 0 Å². The molecule has 1 N–H and O–H groups in total. The number of halogens is 3. The first kappa shape index (κ1) is 16.0. The summed E-state index contributed by atoms with van der Waals surface area (Å²) in [6.07, 6.45) is 0.978. The lowest BCUT2D eigenvalue weighted by molar-refractivity contribution is 0.595. The van der Waals surface area contributed by atoms with Crippen LogP contribution in [0.25, 0.3) is 10.9 Å². The third-order valence-electron chi connectivity index (χ3n) is 3.32. The summed E-state index contributed by atoms with van der Waals surface area (Å²) in [7, 11) is -4.12. The second-order valence-corrected chi connectivity index (χ2v) is 7.46. The van der Waals surface area contributed by atoms with E-state index in [1.807, 2.05) is 0 Å². The Morgan fingerprint density at radius 2 is 1.78 bits per heavy atom. The summed E-state index contributed by atoms with van der Waals surface area (Å²) in [4.78, 5) is 14.3. The molecule has 0 saturated heterocycles. The Hall–Kier alpha value is -1.89. The minimum absolute atomic E-state index is 0.0499. The second-order valence-electron chi connectivity index (χ2n) is 4.72. The minimum Gasteiger partial charge on any atom is -0.357 e. The molecule has 3 aromatic rings. The van der Waals surface area contributed by atoms with Crippen molar-refractivity contribution in [2.75, 3.05) is 0 Å². The molecule has 0 unspecified atom stereocenters. The summed E-state index contributed by atoms with van der Waals surface area (Å²) in [5.41, 5.74) is -0.838. The molecule has 3 rings (SSSR count). The van der Waals surface area contributed by atoms with Gasteiger partial charge in [0, 0.05) is 11.6 Å². The number of para-hydroxylation sites is 1. The monoisotopic (exact) mass is 371 g/mol. The third-order valence-corrected chi connectivity index (χ3v) is 5.82. The lowest BCUT2D eigenvalue weighted by Gasteiger charge is -2.07. The van der Waals surface area contributed by atoms with Crippen LogP contribution in [-0.4, -0.2) is 13.4 Å². The maximum absolute atomic E-state index is 13.7. The Balaban J connectivity index is 2.29. The van der Waals surface area contributed by atoms with Crippen molar-refractivity contribution in [1.82, 2.24) is 4.98 Å². The summed E-state index contributed by atoms with van der Waals surface area (Å²) < 4.78 is 38.9. The van der Waals surface area contributed by atoms with Gasteiger partial charge in [0.05, 0.1) is 20.5 Å². The average Bonchev–Trinajstić information content (AvgIpc) is 2.51. The van der Waals surface area contributed by atoms with Gasteiger partial charge in [-0.3, -0.25) is 4.79 Å². The number of benzene rings is 2. The van der Waals surface area contributed by atoms with Crippen LogP contribution < -0.4 is 5.43 Å². The number of H-pyrrole nitrogens is 1. The fourth-order valence-corrected chi connectivity index (χ4v) is 3.87. The van der Waals surface area contributed by atoms with Crippen molar-refractivity contribution in [2.24, 2.45) is 0 Å². The largest absolute Gasteiger partial charge is 0.357 e. The van der Waals surface area contributed by atoms with Crippen LogP contribution in [0.15, 0.2) is 57.2 Å². The minimum atomic E-state index is -4.12. The standard InChI is InChI=1S/C15H8Cl2FNO3S/c16-10-5-4-8(6-11(10)17)23(21,22)13-7-19-14-9(15(13)20)2-1-3-12(14)18/h1-7H,(H,19,20). The zero-order chi connectivity index (χ0) is 16.8. The van der Waals surface area contributed by atoms with Crippen LogP contribution in [0.4, 0.5) is 4.39 Å². The van der Waals surface area contributed by atoms with Gasteiger partial charge in [-0.15, -0.1) is 0 Å². The zero-order valence-corrected chi connectivity index (χ0v) is 13.6. The lowest BCUT2D eigenvalue weighted by atomic mass is 10.2. The molecule has 0 bridgehead atoms. The van der Waals surface area contributed by atoms with E-state index in [1.165, 1.54) is 30.3 Å². The molecule has 1 heterocycles. The first-order chi connectivity index (χ1) is 10.8. The molecule has 0 spiro atoms. The molecule has 23 heavy (non-hydrogen) atoms. The van der Waals surface area contributed by atoms with Gasteiger partial charge in [0.15, 0.2) is 0 Å². The van der Waals surface area contributed by atoms with Gasteiger partial charge in [-0.05, 0) is 30.3 Å². The van der Waals surface area contributed by atoms with Gasteiger partial charge in [-0.25, -0.2) is 12.8 Å². The average molecular weight is 372 g/mol. The highest BCUT2D eigenvalue weighted by molar-refractivity contribution is 7.91. The maximum atomic E-state index is 13.7. The van der Waals surface area contributed by atoms with Crippen LogP contribution in [0.2, 0.25) is 10.0 Å². The Morgan fingerprint density at radius 1 is 1.04 bits per heavy atom. The van der Waals surface area contributed by atoms with Gasteiger partial charge in [-0.1, -0.05) is 29.3 Å². The van der Waals surface area contributed by atoms with Crippen LogP contribution in [0.3, 0.4) is 0 Å². The van der Waals surface area contributed by atoms with Gasteiger partial charge < -0.3 is 4.98 Å². The van der Waals surface area contributed by atoms with Crippen molar-refractivity contribution in [1.29, 1.82) is 0 Å². The summed E-state index contributed by atoms with van der Waals surface area (Å²) in [5.74, 6) is -0.641. The highest BCUT2D eigenvalue weighted by Crippen LogP contribution is 2.27. The number of fused-ring (bicyclic) bond motifs is 1. The Morgan fingerprint density at radius 3 is 2.48 bits per heavy atom. The SMILES string of the molecule is O=c1c(S(=O)(=O)c2ccc(Cl)c(Cl)c2)c[nH]c2c(F)cccc12. The number of rotatable bonds is 2. The molecule has 0 saturated carbocycles. The van der Waals surface area contributed by atoms with E-state index in [2.05, 4.69) is 4.98 Å². The molecule has 0 aliphatic carbocycles. The lowest BCUT2D eigenvalue weighted by Crippen LogP contribution is -2.16. The number of nitrogens with one attached hydrogen (secondary N) is 1. The van der Waals surface area contributed by atoms with E-state index < -0.39 is 26.0 Å². The molecule has 0 atom stereocenters. The van der Waals surface area contributed by atoms with E-state index in [4.69, 9.17) is 23.2 Å². The first-order valence-corrected chi connectivity index (χ1v) is 8.56. The van der Waals surface area contributed by atoms with E-state index in [9.17, 15) is 17.6 Å². The van der Waals surface area contributed by atoms with E-state index in [0.717, 1.165) is 12.3 Å². The number of hydrogen-bond donors (Lipinski definition) is 1. The highest BCUT2D eigenvalue weighted by atomic mass is 35.5. The summed E-state index contributed by atoms with van der Waals surface area (Å²) in [5, 5.41) is 0.197. The van der Waals surface area contributed by atoms with E-state index >= 15 is 0 Å². The molecule has 2 aromatic carbocycles. The van der Waals surface area contributed by atoms with Crippen molar-refractivity contribution >= 4 is 43.9 Å². The van der Waals surface area contributed by atoms with Gasteiger partial charge in [-0.2, -0.15) is 0 Å². The zero-order valence-electron chi connectivity index (χ0n) is 11.3. The topological polar surface area (TPSA) is 67.0 Å². The second kappa shape index (κ2) is 5.63. The first-order valence-electron chi connectivity index (χ1n) is 6.32. The number of aromatic amines is 1. The van der Waals surface area contributed by atoms with E-state index in [0.29, 0.717) is 0 Å². The fourth-order valence-electron chi connectivity index (χ4n) is 2.17. The van der Waals surface area contributed by atoms with Crippen LogP contribution in [-0.2, 0) is 9.84 Å². The molecule has 0 aliphatic rings. The predicted molar refractivity (Wildman–Crippen MR) is 86.4 cm³/mol. The van der Waals surface area contributed by atoms with Crippen molar-refractivity contribution < 1.29 is 12.8 Å². The van der Waals surface area contributed by atoms with Crippen molar-refractivity contribution in [3.8, 4) is 0 Å². The van der Waals surface area contributed by atoms with Crippen LogP contribution in [0, 0.1) is 5.82 Å². The molecule has 0 radical (unpaired) electrons. The number of hydrogen-bond acceptors (Lipinski definition) is 3. The Kier molecular flexibility index (Phi) is 3.91. The molecular weight excluding hydrogens is 364 g/mol. The quantitative estimate of drug-likeness (QED) is 0.744. The van der Waals surface area contributed by atoms with Crippen molar-refractivity contribution in [2.45, 2.75) is 9.79 Å². The van der Waals surface area contributed by atoms with Gasteiger partial charge in [0.2, 0.25) is 15.3 Å². The van der Waals surface area contributed by atoms with Crippen LogP contribution in [0.1, 0.15) is 0 Å². The Labute approximate surface area is 140 Å². The number of sulfone groups is 1. The molecule has 0 fully saturated rings. The van der Waals surface area contributed by atoms with Crippen molar-refractivity contribution in [3.05, 3.63) is 68.7 Å². The molecule has 1 aromatic heterocycles. The summed E-state index contributed by atoms with van der Waals surface area (Å²) >= 11 is 11.6. The summed E-state index contributed by atoms with van der Waals surface area (Å²) in [6.45, 7) is 0. The smallest absolute Gasteiger partial charge is 0.211 e. The maximum Gasteiger partial charge on any atom is 0.211 e. The van der Waals surface area contributed by atoms with E-state index in [-0.39, 0.29) is 25.8 Å². The number of aromatic nitrogens is 1. The van der Waals surface area contributed by atoms with Crippen LogP contribution >= 0.6 is 23.2 Å². The molecule has 118 valence electrons. The van der Waals surface area contributed by atoms with Gasteiger partial charge in [0.1, 0.15) is 10.7 Å². The molecule has 4 nitrogen and oxygen atoms in total. The van der Waals surface area contributed by atoms with E-state index in [1.54, 1.807) is 0 Å². The van der Waals surface area contributed by atoms with Crippen LogP contribution in [0.5, 0.6) is 0 Å². The van der Waals surface area contributed by atoms with Gasteiger partial charge >= 0.3 is 0 Å². The van der Waals surface area contributed by atoms with Gasteiger partial charge in [0.25, 0.3) is 0 Å². The number of pyridine rings is 1. The molecular formula is C15H8Cl2FNO3S. The molecule has 8 heteroatoms. The predicted octanol–water partition coefficient (Wildman–Crippen LogP) is 3.81. The molecule has 0 aliphatic heterocycles. The summed E-state index contributed by atoms with van der Waals surface area (Å²) in [6, 6.07) is 7.60.